The molecule has 0 aliphatic heterocycles. The molecule has 0 bridgehead atoms. The van der Waals surface area contributed by atoms with Gasteiger partial charge in [0, 0.05) is 0 Å². The van der Waals surface area contributed by atoms with Crippen LogP contribution in [0.25, 0.3) is 5.69 Å². The van der Waals surface area contributed by atoms with Crippen LogP contribution in [0, 0.1) is 0 Å². The van der Waals surface area contributed by atoms with Crippen molar-refractivity contribution < 1.29 is 4.79 Å². The van der Waals surface area contributed by atoms with E-state index in [0.717, 1.165) is 0 Å². The molecule has 0 fully saturated rings. The van der Waals surface area contributed by atoms with Crippen molar-refractivity contribution in [1.82, 2.24) is 14.8 Å². The van der Waals surface area contributed by atoms with Gasteiger partial charge in [0.05, 0.1) is 21.3 Å². The van der Waals surface area contributed by atoms with Crippen LogP contribution in [0.1, 0.15) is 17.3 Å². The number of carbonyl (C=O) groups excluding carboxylic acids is 1. The summed E-state index contributed by atoms with van der Waals surface area (Å²) in [6.07, 6.45) is 3.05. The van der Waals surface area contributed by atoms with Crippen LogP contribution in [0.15, 0.2) is 24.8 Å². The van der Waals surface area contributed by atoms with E-state index in [0.29, 0.717) is 21.3 Å². The van der Waals surface area contributed by atoms with Crippen LogP contribution in [-0.2, 0) is 0 Å². The van der Waals surface area contributed by atoms with Crippen molar-refractivity contribution in [1.29, 1.82) is 0 Å². The Morgan fingerprint density at radius 3 is 2.12 bits per heavy atom. The fourth-order valence-corrected chi connectivity index (χ4v) is 2.12. The largest absolute Gasteiger partial charge is 0.294 e. The lowest BCUT2D eigenvalue weighted by atomic mass is 10.1. The van der Waals surface area contributed by atoms with Crippen molar-refractivity contribution in [3.63, 3.8) is 0 Å². The van der Waals surface area contributed by atoms with Gasteiger partial charge in [-0.3, -0.25) is 9.36 Å². The van der Waals surface area contributed by atoms with E-state index in [2.05, 4.69) is 10.2 Å². The number of hydrogen-bond acceptors (Lipinski definition) is 3. The Labute approximate surface area is 102 Å². The number of ketones is 1. The highest BCUT2D eigenvalue weighted by Gasteiger charge is 2.12. The molecule has 0 saturated carbocycles. The quantitative estimate of drug-likeness (QED) is 0.776. The first-order chi connectivity index (χ1) is 7.59. The molecule has 2 rings (SSSR count). The van der Waals surface area contributed by atoms with Gasteiger partial charge in [0.15, 0.2) is 5.78 Å². The van der Waals surface area contributed by atoms with Crippen LogP contribution >= 0.6 is 23.2 Å². The van der Waals surface area contributed by atoms with Crippen molar-refractivity contribution in [3.05, 3.63) is 40.4 Å². The van der Waals surface area contributed by atoms with E-state index in [1.807, 2.05) is 0 Å². The molecule has 6 heteroatoms. The third-order valence-corrected chi connectivity index (χ3v) is 2.69. The minimum Gasteiger partial charge on any atom is -0.294 e. The van der Waals surface area contributed by atoms with E-state index in [1.165, 1.54) is 19.6 Å². The predicted molar refractivity (Wildman–Crippen MR) is 61.4 cm³/mol. The minimum absolute atomic E-state index is 0.162. The maximum atomic E-state index is 11.3. The zero-order valence-electron chi connectivity index (χ0n) is 8.32. The van der Waals surface area contributed by atoms with Gasteiger partial charge in [-0.1, -0.05) is 23.2 Å². The topological polar surface area (TPSA) is 47.8 Å². The Kier molecular flexibility index (Phi) is 2.94. The molecule has 1 aromatic heterocycles. The summed E-state index contributed by atoms with van der Waals surface area (Å²) in [5, 5.41) is 8.00. The van der Waals surface area contributed by atoms with E-state index < -0.39 is 0 Å². The normalized spacial score (nSPS) is 10.4. The maximum Gasteiger partial charge on any atom is 0.162 e. The molecule has 4 nitrogen and oxygen atoms in total. The second kappa shape index (κ2) is 4.23. The standard InChI is InChI=1S/C10H7Cl2N3O/c1-6(16)10-8(11)2-7(3-9(10)12)15-4-13-14-5-15/h2-5H,1H3. The highest BCUT2D eigenvalue weighted by atomic mass is 35.5. The number of benzene rings is 1. The first-order valence-electron chi connectivity index (χ1n) is 4.44. The average Bonchev–Trinajstić information content (AvgIpc) is 2.67. The number of nitrogens with zero attached hydrogens (tertiary/aromatic N) is 3. The lowest BCUT2D eigenvalue weighted by Crippen LogP contribution is -1.98. The van der Waals surface area contributed by atoms with Gasteiger partial charge in [-0.05, 0) is 19.1 Å². The maximum absolute atomic E-state index is 11.3. The smallest absolute Gasteiger partial charge is 0.162 e. The summed E-state index contributed by atoms with van der Waals surface area (Å²) in [5.41, 5.74) is 1.05. The van der Waals surface area contributed by atoms with Gasteiger partial charge in [0.1, 0.15) is 12.7 Å². The number of Topliss-reactive ketones (excluding diaryl/α,β-unsaturated/α-hetero) is 1. The van der Waals surface area contributed by atoms with Gasteiger partial charge in [-0.25, -0.2) is 0 Å². The first-order valence-corrected chi connectivity index (χ1v) is 5.20. The fourth-order valence-electron chi connectivity index (χ4n) is 1.38. The molecular weight excluding hydrogens is 249 g/mol. The summed E-state index contributed by atoms with van der Waals surface area (Å²) in [5.74, 6) is -0.162. The second-order valence-electron chi connectivity index (χ2n) is 3.21. The van der Waals surface area contributed by atoms with Crippen LogP contribution in [0.3, 0.4) is 0 Å². The molecule has 82 valence electrons. The number of aromatic nitrogens is 3. The van der Waals surface area contributed by atoms with Crippen molar-refractivity contribution in [3.8, 4) is 5.69 Å². The molecule has 1 heterocycles. The van der Waals surface area contributed by atoms with Gasteiger partial charge in [0.2, 0.25) is 0 Å². The van der Waals surface area contributed by atoms with Crippen molar-refractivity contribution in [2.75, 3.05) is 0 Å². The van der Waals surface area contributed by atoms with E-state index in [9.17, 15) is 4.79 Å². The predicted octanol–water partition coefficient (Wildman–Crippen LogP) is 2.78. The lowest BCUT2D eigenvalue weighted by Gasteiger charge is -2.07. The molecular formula is C10H7Cl2N3O. The molecule has 0 saturated heterocycles. The molecule has 0 N–H and O–H groups in total. The van der Waals surface area contributed by atoms with Gasteiger partial charge in [0.25, 0.3) is 0 Å². The summed E-state index contributed by atoms with van der Waals surface area (Å²) in [6, 6.07) is 3.29. The first kappa shape index (κ1) is 11.1. The monoisotopic (exact) mass is 255 g/mol. The SMILES string of the molecule is CC(=O)c1c(Cl)cc(-n2cnnc2)cc1Cl. The van der Waals surface area contributed by atoms with Crippen LogP contribution in [0.5, 0.6) is 0 Å². The van der Waals surface area contributed by atoms with Crippen molar-refractivity contribution in [2.45, 2.75) is 6.92 Å². The van der Waals surface area contributed by atoms with E-state index in [1.54, 1.807) is 16.7 Å². The van der Waals surface area contributed by atoms with Gasteiger partial charge >= 0.3 is 0 Å². The average molecular weight is 256 g/mol. The van der Waals surface area contributed by atoms with Crippen LogP contribution in [0.4, 0.5) is 0 Å². The molecule has 0 atom stereocenters. The van der Waals surface area contributed by atoms with Crippen LogP contribution in [-0.4, -0.2) is 20.5 Å². The van der Waals surface area contributed by atoms with E-state index in [-0.39, 0.29) is 5.78 Å². The number of carbonyl (C=O) groups is 1. The third-order valence-electron chi connectivity index (χ3n) is 2.10. The molecule has 0 radical (unpaired) electrons. The van der Waals surface area contributed by atoms with Gasteiger partial charge in [-0.2, -0.15) is 0 Å². The molecule has 0 amide bonds. The van der Waals surface area contributed by atoms with Crippen molar-refractivity contribution >= 4 is 29.0 Å². The Bertz CT molecular complexity index is 514. The van der Waals surface area contributed by atoms with Crippen LogP contribution in [0.2, 0.25) is 10.0 Å². The highest BCUT2D eigenvalue weighted by molar-refractivity contribution is 6.40. The number of hydrogen-bond donors (Lipinski definition) is 0. The van der Waals surface area contributed by atoms with E-state index >= 15 is 0 Å². The second-order valence-corrected chi connectivity index (χ2v) is 4.02. The summed E-state index contributed by atoms with van der Waals surface area (Å²) >= 11 is 12.0. The zero-order valence-corrected chi connectivity index (χ0v) is 9.83. The van der Waals surface area contributed by atoms with E-state index in [4.69, 9.17) is 23.2 Å². The van der Waals surface area contributed by atoms with Gasteiger partial charge in [-0.15, -0.1) is 10.2 Å². The molecule has 0 spiro atoms. The van der Waals surface area contributed by atoms with Crippen molar-refractivity contribution in [2.24, 2.45) is 0 Å². The molecule has 0 unspecified atom stereocenters. The molecule has 16 heavy (non-hydrogen) atoms. The Morgan fingerprint density at radius 2 is 1.69 bits per heavy atom. The Morgan fingerprint density at radius 1 is 1.19 bits per heavy atom. The molecule has 2 aromatic rings. The highest BCUT2D eigenvalue weighted by Crippen LogP contribution is 2.28. The summed E-state index contributed by atoms with van der Waals surface area (Å²) in [4.78, 5) is 11.3. The Balaban J connectivity index is 2.58. The zero-order chi connectivity index (χ0) is 11.7. The molecule has 0 aliphatic carbocycles. The number of halogens is 2. The molecule has 1 aromatic carbocycles. The fraction of sp³-hybridized carbons (Fsp3) is 0.100. The van der Waals surface area contributed by atoms with Gasteiger partial charge < -0.3 is 0 Å². The number of rotatable bonds is 2. The minimum atomic E-state index is -0.162. The lowest BCUT2D eigenvalue weighted by molar-refractivity contribution is 0.101. The molecule has 0 aliphatic rings. The third kappa shape index (κ3) is 1.94. The Hall–Kier alpha value is -1.39. The summed E-state index contributed by atoms with van der Waals surface area (Å²) in [6.45, 7) is 1.42. The summed E-state index contributed by atoms with van der Waals surface area (Å²) in [7, 11) is 0. The van der Waals surface area contributed by atoms with Crippen LogP contribution < -0.4 is 0 Å². The summed E-state index contributed by atoms with van der Waals surface area (Å²) < 4.78 is 1.65.